The van der Waals surface area contributed by atoms with Crippen LogP contribution in [0.2, 0.25) is 0 Å². The highest BCUT2D eigenvalue weighted by Crippen LogP contribution is 2.29. The molecule has 0 bridgehead atoms. The molecule has 0 spiro atoms. The van der Waals surface area contributed by atoms with Crippen LogP contribution >= 0.6 is 0 Å². The van der Waals surface area contributed by atoms with E-state index in [4.69, 9.17) is 14.2 Å². The first kappa shape index (κ1) is 38.0. The van der Waals surface area contributed by atoms with Crippen LogP contribution in [0.1, 0.15) is 106 Å². The average molecular weight is 731 g/mol. The van der Waals surface area contributed by atoms with Crippen molar-refractivity contribution in [2.45, 2.75) is 97.1 Å². The number of hydrogen-bond acceptors (Lipinski definition) is 5. The van der Waals surface area contributed by atoms with Crippen LogP contribution in [0.4, 0.5) is 4.79 Å². The predicted octanol–water partition coefficient (Wildman–Crippen LogP) is 5.58. The second-order valence-corrected chi connectivity index (χ2v) is 11.3. The second-order valence-electron chi connectivity index (χ2n) is 11.3. The SMILES string of the molecule is CCCCCCCCCCCCCCOc1ccc(COC(=O)N(Cc2cccc[n+]2C)C(=O)c2ccccc2)cc1OC.[I-]. The first-order valence-corrected chi connectivity index (χ1v) is 16.3. The van der Waals surface area contributed by atoms with Crippen LogP contribution in [0.15, 0.2) is 72.9 Å². The molecule has 246 valence electrons. The lowest BCUT2D eigenvalue weighted by atomic mass is 10.1. The summed E-state index contributed by atoms with van der Waals surface area (Å²) >= 11 is 0. The molecule has 0 aliphatic rings. The fraction of sp³-hybridized carbons (Fsp3) is 0.486. The number of rotatable bonds is 20. The Balaban J connectivity index is 0.00000705. The number of ether oxygens (including phenoxy) is 3. The van der Waals surface area contributed by atoms with Crippen molar-refractivity contribution in [3.63, 3.8) is 0 Å². The van der Waals surface area contributed by atoms with Gasteiger partial charge in [-0.3, -0.25) is 4.79 Å². The lowest BCUT2D eigenvalue weighted by molar-refractivity contribution is -0.679. The highest BCUT2D eigenvalue weighted by Gasteiger charge is 2.27. The summed E-state index contributed by atoms with van der Waals surface area (Å²) in [5.41, 5.74) is 1.95. The number of unbranched alkanes of at least 4 members (excludes halogenated alkanes) is 11. The fourth-order valence-corrected chi connectivity index (χ4v) is 5.11. The van der Waals surface area contributed by atoms with Gasteiger partial charge in [0.1, 0.15) is 20.2 Å². The molecule has 3 rings (SSSR count). The summed E-state index contributed by atoms with van der Waals surface area (Å²) in [4.78, 5) is 27.7. The topological polar surface area (TPSA) is 69.0 Å². The Hall–Kier alpha value is -3.14. The van der Waals surface area contributed by atoms with Gasteiger partial charge in [0.25, 0.3) is 5.91 Å². The van der Waals surface area contributed by atoms with Crippen molar-refractivity contribution in [1.29, 1.82) is 0 Å². The first-order chi connectivity index (χ1) is 21.5. The van der Waals surface area contributed by atoms with E-state index in [1.165, 1.54) is 64.2 Å². The number of hydrogen-bond donors (Lipinski definition) is 0. The van der Waals surface area contributed by atoms with Crippen LogP contribution in [0.3, 0.4) is 0 Å². The Morgan fingerprint density at radius 2 is 1.38 bits per heavy atom. The molecule has 0 N–H and O–H groups in total. The fourth-order valence-electron chi connectivity index (χ4n) is 5.11. The molecule has 8 heteroatoms. The van der Waals surface area contributed by atoms with Gasteiger partial charge >= 0.3 is 6.09 Å². The molecular formula is C37H51IN2O5. The minimum Gasteiger partial charge on any atom is -1.00 e. The quantitative estimate of drug-likeness (QED) is 0.0864. The molecule has 0 saturated carbocycles. The highest BCUT2D eigenvalue weighted by atomic mass is 127. The van der Waals surface area contributed by atoms with Crippen LogP contribution in [0.5, 0.6) is 11.5 Å². The number of nitrogens with zero attached hydrogens (tertiary/aromatic N) is 2. The minimum absolute atomic E-state index is 0. The third kappa shape index (κ3) is 13.8. The first-order valence-electron chi connectivity index (χ1n) is 16.3. The van der Waals surface area contributed by atoms with Gasteiger partial charge in [-0.15, -0.1) is 0 Å². The number of benzene rings is 2. The summed E-state index contributed by atoms with van der Waals surface area (Å²) in [5.74, 6) is 0.840. The van der Waals surface area contributed by atoms with Crippen molar-refractivity contribution < 1.29 is 52.3 Å². The van der Waals surface area contributed by atoms with E-state index in [1.807, 2.05) is 60.3 Å². The lowest BCUT2D eigenvalue weighted by Crippen LogP contribution is -3.00. The Morgan fingerprint density at radius 1 is 0.756 bits per heavy atom. The van der Waals surface area contributed by atoms with E-state index in [9.17, 15) is 9.59 Å². The maximum absolute atomic E-state index is 13.3. The van der Waals surface area contributed by atoms with Crippen LogP contribution in [-0.2, 0) is 24.9 Å². The Morgan fingerprint density at radius 3 is 2.00 bits per heavy atom. The van der Waals surface area contributed by atoms with E-state index in [0.29, 0.717) is 23.7 Å². The molecule has 7 nitrogen and oxygen atoms in total. The molecule has 0 saturated heterocycles. The summed E-state index contributed by atoms with van der Waals surface area (Å²) in [6.45, 7) is 2.97. The summed E-state index contributed by atoms with van der Waals surface area (Å²) in [6, 6.07) is 19.9. The van der Waals surface area contributed by atoms with Crippen LogP contribution < -0.4 is 38.0 Å². The summed E-state index contributed by atoms with van der Waals surface area (Å²) in [7, 11) is 3.47. The molecule has 1 heterocycles. The number of aryl methyl sites for hydroxylation is 1. The second kappa shape index (κ2) is 22.4. The van der Waals surface area contributed by atoms with E-state index in [-0.39, 0.29) is 37.1 Å². The summed E-state index contributed by atoms with van der Waals surface area (Å²) < 4.78 is 19.1. The van der Waals surface area contributed by atoms with Gasteiger partial charge in [0.05, 0.1) is 13.7 Å². The standard InChI is InChI=1S/C37H51N2O5.HI/c1-4-5-6-7-8-9-10-11-12-13-14-20-27-43-34-25-24-31(28-35(34)42-3)30-44-37(41)39(29-33-23-18-19-26-38(33)2)36(40)32-21-16-15-17-22-32;/h15-19,21-26,28H,4-14,20,27,29-30H2,1-3H3;1H/q+1;/p-1. The minimum atomic E-state index is -0.714. The maximum atomic E-state index is 13.3. The van der Waals surface area contributed by atoms with E-state index in [0.717, 1.165) is 29.0 Å². The normalized spacial score (nSPS) is 10.6. The molecule has 0 atom stereocenters. The summed E-state index contributed by atoms with van der Waals surface area (Å²) in [5, 5.41) is 0. The van der Waals surface area contributed by atoms with Gasteiger partial charge in [0.2, 0.25) is 5.69 Å². The highest BCUT2D eigenvalue weighted by molar-refractivity contribution is 6.02. The largest absolute Gasteiger partial charge is 1.00 e. The number of carbonyl (C=O) groups excluding carboxylic acids is 2. The van der Waals surface area contributed by atoms with Gasteiger partial charge in [-0.2, -0.15) is 0 Å². The number of amides is 2. The van der Waals surface area contributed by atoms with Crippen molar-refractivity contribution in [1.82, 2.24) is 4.90 Å². The zero-order chi connectivity index (χ0) is 31.4. The number of pyridine rings is 1. The van der Waals surface area contributed by atoms with Gasteiger partial charge in [-0.1, -0.05) is 108 Å². The molecule has 0 radical (unpaired) electrons. The zero-order valence-corrected chi connectivity index (χ0v) is 29.5. The number of methoxy groups -OCH3 is 1. The van der Waals surface area contributed by atoms with E-state index >= 15 is 0 Å². The van der Waals surface area contributed by atoms with Crippen molar-refractivity contribution >= 4 is 12.0 Å². The smallest absolute Gasteiger partial charge is 0.417 e. The van der Waals surface area contributed by atoms with Crippen molar-refractivity contribution in [2.24, 2.45) is 7.05 Å². The number of aromatic nitrogens is 1. The third-order valence-electron chi connectivity index (χ3n) is 7.81. The zero-order valence-electron chi connectivity index (χ0n) is 27.3. The number of imide groups is 1. The third-order valence-corrected chi connectivity index (χ3v) is 7.81. The average Bonchev–Trinajstić information content (AvgIpc) is 3.05. The molecule has 1 aromatic heterocycles. The maximum Gasteiger partial charge on any atom is 0.417 e. The molecule has 0 aliphatic heterocycles. The van der Waals surface area contributed by atoms with E-state index in [1.54, 1.807) is 31.4 Å². The van der Waals surface area contributed by atoms with Crippen molar-refractivity contribution in [3.05, 3.63) is 89.7 Å². The number of halogens is 1. The molecule has 2 amide bonds. The van der Waals surface area contributed by atoms with Crippen molar-refractivity contribution in [2.75, 3.05) is 13.7 Å². The number of carbonyl (C=O) groups is 2. The molecule has 0 unspecified atom stereocenters. The van der Waals surface area contributed by atoms with Crippen LogP contribution in [0.25, 0.3) is 0 Å². The predicted molar refractivity (Wildman–Crippen MR) is 174 cm³/mol. The van der Waals surface area contributed by atoms with Crippen LogP contribution in [-0.4, -0.2) is 30.6 Å². The van der Waals surface area contributed by atoms with Gasteiger partial charge < -0.3 is 38.2 Å². The van der Waals surface area contributed by atoms with Crippen LogP contribution in [0, 0.1) is 0 Å². The molecule has 0 aliphatic carbocycles. The summed E-state index contributed by atoms with van der Waals surface area (Å²) in [6.07, 6.45) is 16.8. The lowest BCUT2D eigenvalue weighted by Gasteiger charge is -2.20. The van der Waals surface area contributed by atoms with E-state index < -0.39 is 12.0 Å². The molecular weight excluding hydrogens is 679 g/mol. The van der Waals surface area contributed by atoms with Gasteiger partial charge in [0.15, 0.2) is 17.7 Å². The van der Waals surface area contributed by atoms with Gasteiger partial charge in [-0.05, 0) is 36.2 Å². The molecule has 45 heavy (non-hydrogen) atoms. The molecule has 3 aromatic rings. The van der Waals surface area contributed by atoms with Gasteiger partial charge in [0, 0.05) is 17.7 Å². The Bertz CT molecular complexity index is 1270. The van der Waals surface area contributed by atoms with Crippen molar-refractivity contribution in [3.8, 4) is 11.5 Å². The molecule has 2 aromatic carbocycles. The monoisotopic (exact) mass is 730 g/mol. The van der Waals surface area contributed by atoms with E-state index in [2.05, 4.69) is 6.92 Å². The Labute approximate surface area is 287 Å². The Kier molecular flexibility index (Phi) is 18.9. The molecule has 0 fully saturated rings. The van der Waals surface area contributed by atoms with Gasteiger partial charge in [-0.25, -0.2) is 14.3 Å².